The highest BCUT2D eigenvalue weighted by atomic mass is 16.7. The molecule has 1 aliphatic heterocycles. The van der Waals surface area contributed by atoms with E-state index in [1.54, 1.807) is 0 Å². The first kappa shape index (κ1) is 13.6. The molecule has 2 aromatic carbocycles. The molecule has 1 heterocycles. The number of rotatable bonds is 5. The molecule has 0 aliphatic carbocycles. The second-order valence-electron chi connectivity index (χ2n) is 5.02. The van der Waals surface area contributed by atoms with Crippen molar-refractivity contribution in [1.29, 1.82) is 0 Å². The average Bonchev–Trinajstić information content (AvgIpc) is 2.94. The van der Waals surface area contributed by atoms with Gasteiger partial charge in [-0.15, -0.1) is 6.58 Å². The molecule has 1 aliphatic rings. The van der Waals surface area contributed by atoms with E-state index in [1.165, 1.54) is 0 Å². The Morgan fingerprint density at radius 3 is 2.57 bits per heavy atom. The molecule has 0 fully saturated rings. The Kier molecular flexibility index (Phi) is 3.82. The number of benzene rings is 2. The first-order valence-corrected chi connectivity index (χ1v) is 6.98. The van der Waals surface area contributed by atoms with Crippen LogP contribution in [0.25, 0.3) is 0 Å². The molecular formula is C18H18O3. The molecule has 0 spiro atoms. The van der Waals surface area contributed by atoms with E-state index in [1.807, 2.05) is 49.4 Å². The summed E-state index contributed by atoms with van der Waals surface area (Å²) in [5.41, 5.74) is 3.38. The Morgan fingerprint density at radius 1 is 1.14 bits per heavy atom. The zero-order valence-corrected chi connectivity index (χ0v) is 12.1. The van der Waals surface area contributed by atoms with Crippen molar-refractivity contribution in [2.24, 2.45) is 0 Å². The zero-order valence-electron chi connectivity index (χ0n) is 12.1. The van der Waals surface area contributed by atoms with E-state index in [9.17, 15) is 0 Å². The number of aryl methyl sites for hydroxylation is 1. The Labute approximate surface area is 124 Å². The van der Waals surface area contributed by atoms with Crippen LogP contribution in [-0.2, 0) is 13.0 Å². The normalized spacial score (nSPS) is 12.2. The lowest BCUT2D eigenvalue weighted by Gasteiger charge is -2.12. The van der Waals surface area contributed by atoms with Crippen LogP contribution in [0.15, 0.2) is 49.1 Å². The van der Waals surface area contributed by atoms with E-state index in [4.69, 9.17) is 14.2 Å². The number of para-hydroxylation sites is 1. The maximum atomic E-state index is 5.94. The van der Waals surface area contributed by atoms with E-state index in [0.717, 1.165) is 40.4 Å². The summed E-state index contributed by atoms with van der Waals surface area (Å²) in [6.07, 6.45) is 2.66. The molecule has 0 saturated carbocycles. The van der Waals surface area contributed by atoms with Gasteiger partial charge in [0.15, 0.2) is 11.5 Å². The van der Waals surface area contributed by atoms with Crippen LogP contribution >= 0.6 is 0 Å². The molecule has 21 heavy (non-hydrogen) atoms. The minimum atomic E-state index is 0.283. The fraction of sp³-hybridized carbons (Fsp3) is 0.222. The molecule has 0 radical (unpaired) electrons. The second kappa shape index (κ2) is 5.92. The topological polar surface area (TPSA) is 27.7 Å². The second-order valence-corrected chi connectivity index (χ2v) is 5.02. The molecule has 3 heteroatoms. The molecule has 3 nitrogen and oxygen atoms in total. The summed E-state index contributed by atoms with van der Waals surface area (Å²) >= 11 is 0. The Bertz CT molecular complexity index is 662. The van der Waals surface area contributed by atoms with Gasteiger partial charge in [-0.3, -0.25) is 0 Å². The van der Waals surface area contributed by atoms with Crippen molar-refractivity contribution in [2.75, 3.05) is 6.79 Å². The first-order chi connectivity index (χ1) is 10.3. The monoisotopic (exact) mass is 282 g/mol. The number of hydrogen-bond acceptors (Lipinski definition) is 3. The number of fused-ring (bicyclic) bond motifs is 1. The van der Waals surface area contributed by atoms with Crippen LogP contribution in [0.3, 0.4) is 0 Å². The molecular weight excluding hydrogens is 264 g/mol. The summed E-state index contributed by atoms with van der Waals surface area (Å²) < 4.78 is 16.8. The smallest absolute Gasteiger partial charge is 0.231 e. The molecule has 0 amide bonds. The van der Waals surface area contributed by atoms with E-state index >= 15 is 0 Å². The maximum absolute atomic E-state index is 5.94. The fourth-order valence-electron chi connectivity index (χ4n) is 2.38. The van der Waals surface area contributed by atoms with Crippen molar-refractivity contribution >= 4 is 0 Å². The molecule has 0 atom stereocenters. The first-order valence-electron chi connectivity index (χ1n) is 6.98. The molecule has 2 aromatic rings. The minimum Gasteiger partial charge on any atom is -0.489 e. The number of hydrogen-bond donors (Lipinski definition) is 0. The van der Waals surface area contributed by atoms with Crippen molar-refractivity contribution in [1.82, 2.24) is 0 Å². The average molecular weight is 282 g/mol. The van der Waals surface area contributed by atoms with Gasteiger partial charge in [0.2, 0.25) is 6.79 Å². The molecule has 0 bridgehead atoms. The zero-order chi connectivity index (χ0) is 14.7. The van der Waals surface area contributed by atoms with Crippen molar-refractivity contribution in [3.8, 4) is 17.2 Å². The van der Waals surface area contributed by atoms with Gasteiger partial charge in [0.25, 0.3) is 0 Å². The van der Waals surface area contributed by atoms with Gasteiger partial charge < -0.3 is 14.2 Å². The quantitative estimate of drug-likeness (QED) is 0.775. The van der Waals surface area contributed by atoms with E-state index in [-0.39, 0.29) is 6.79 Å². The summed E-state index contributed by atoms with van der Waals surface area (Å²) in [6, 6.07) is 12.0. The Morgan fingerprint density at radius 2 is 1.86 bits per heavy atom. The van der Waals surface area contributed by atoms with Crippen LogP contribution in [0.4, 0.5) is 0 Å². The van der Waals surface area contributed by atoms with Crippen molar-refractivity contribution in [3.05, 3.63) is 65.7 Å². The molecule has 108 valence electrons. The Hall–Kier alpha value is -2.42. The fourth-order valence-corrected chi connectivity index (χ4v) is 2.38. The van der Waals surface area contributed by atoms with Crippen LogP contribution in [0.5, 0.6) is 17.2 Å². The van der Waals surface area contributed by atoms with Gasteiger partial charge in [-0.2, -0.15) is 0 Å². The van der Waals surface area contributed by atoms with Gasteiger partial charge >= 0.3 is 0 Å². The highest BCUT2D eigenvalue weighted by Gasteiger charge is 2.17. The van der Waals surface area contributed by atoms with Gasteiger partial charge in [-0.25, -0.2) is 0 Å². The highest BCUT2D eigenvalue weighted by Crippen LogP contribution is 2.35. The third-order valence-electron chi connectivity index (χ3n) is 3.54. The van der Waals surface area contributed by atoms with Gasteiger partial charge in [0.1, 0.15) is 12.4 Å². The highest BCUT2D eigenvalue weighted by molar-refractivity contribution is 5.49. The lowest BCUT2D eigenvalue weighted by molar-refractivity contribution is 0.174. The largest absolute Gasteiger partial charge is 0.489 e. The lowest BCUT2D eigenvalue weighted by Crippen LogP contribution is -2.01. The van der Waals surface area contributed by atoms with Crippen LogP contribution < -0.4 is 14.2 Å². The predicted molar refractivity (Wildman–Crippen MR) is 82.0 cm³/mol. The molecule has 0 unspecified atom stereocenters. The molecule has 0 saturated heterocycles. The summed E-state index contributed by atoms with van der Waals surface area (Å²) in [5, 5.41) is 0. The summed E-state index contributed by atoms with van der Waals surface area (Å²) in [4.78, 5) is 0. The third kappa shape index (κ3) is 2.87. The van der Waals surface area contributed by atoms with Crippen molar-refractivity contribution in [3.63, 3.8) is 0 Å². The SMILES string of the molecule is C=CCc1cc2c(cc1COc1ccccc1C)OCO2. The molecule has 0 N–H and O–H groups in total. The van der Waals surface area contributed by atoms with E-state index in [0.29, 0.717) is 6.61 Å². The van der Waals surface area contributed by atoms with E-state index in [2.05, 4.69) is 6.58 Å². The third-order valence-corrected chi connectivity index (χ3v) is 3.54. The van der Waals surface area contributed by atoms with Crippen molar-refractivity contribution < 1.29 is 14.2 Å². The van der Waals surface area contributed by atoms with Crippen LogP contribution in [0, 0.1) is 6.92 Å². The van der Waals surface area contributed by atoms with Crippen molar-refractivity contribution in [2.45, 2.75) is 20.0 Å². The molecule has 3 rings (SSSR count). The number of allylic oxidation sites excluding steroid dienone is 1. The standard InChI is InChI=1S/C18H18O3/c1-3-6-14-9-17-18(21-12-20-17)10-15(14)11-19-16-8-5-4-7-13(16)2/h3-5,7-10H,1,6,11-12H2,2H3. The number of ether oxygens (including phenoxy) is 3. The summed E-state index contributed by atoms with van der Waals surface area (Å²) in [7, 11) is 0. The summed E-state index contributed by atoms with van der Waals surface area (Å²) in [5.74, 6) is 2.48. The predicted octanol–water partition coefficient (Wildman–Crippen LogP) is 4.03. The minimum absolute atomic E-state index is 0.283. The van der Waals surface area contributed by atoms with Gasteiger partial charge in [-0.1, -0.05) is 24.3 Å². The maximum Gasteiger partial charge on any atom is 0.231 e. The van der Waals surface area contributed by atoms with Crippen LogP contribution in [-0.4, -0.2) is 6.79 Å². The Balaban J connectivity index is 1.84. The summed E-state index contributed by atoms with van der Waals surface area (Å²) in [6.45, 7) is 6.64. The van der Waals surface area contributed by atoms with Crippen LogP contribution in [0.2, 0.25) is 0 Å². The van der Waals surface area contributed by atoms with Gasteiger partial charge in [-0.05, 0) is 48.2 Å². The van der Waals surface area contributed by atoms with Crippen LogP contribution in [0.1, 0.15) is 16.7 Å². The molecule has 0 aromatic heterocycles. The van der Waals surface area contributed by atoms with E-state index < -0.39 is 0 Å². The lowest BCUT2D eigenvalue weighted by atomic mass is 10.0. The van der Waals surface area contributed by atoms with Gasteiger partial charge in [0.05, 0.1) is 0 Å². The van der Waals surface area contributed by atoms with Gasteiger partial charge in [0, 0.05) is 0 Å².